The van der Waals surface area contributed by atoms with E-state index < -0.39 is 0 Å². The molecule has 0 saturated heterocycles. The molecular weight excluding hydrogens is 234 g/mol. The van der Waals surface area contributed by atoms with Crippen molar-refractivity contribution in [3.05, 3.63) is 17.0 Å². The van der Waals surface area contributed by atoms with Gasteiger partial charge in [-0.25, -0.2) is 0 Å². The van der Waals surface area contributed by atoms with Gasteiger partial charge in [0.05, 0.1) is 5.69 Å². The van der Waals surface area contributed by atoms with Gasteiger partial charge in [-0.15, -0.1) is 0 Å². The summed E-state index contributed by atoms with van der Waals surface area (Å²) in [7, 11) is 4.16. The molecule has 1 N–H and O–H groups in total. The Hall–Kier alpha value is -0.830. The number of likely N-dealkylation sites (N-methyl/N-ethyl adjacent to an activating group) is 1. The van der Waals surface area contributed by atoms with E-state index in [-0.39, 0.29) is 0 Å². The van der Waals surface area contributed by atoms with E-state index in [0.29, 0.717) is 6.04 Å². The molecule has 0 bridgehead atoms. The highest BCUT2D eigenvalue weighted by Gasteiger charge is 2.26. The average molecular weight is 263 g/mol. The predicted molar refractivity (Wildman–Crippen MR) is 80.4 cm³/mol. The minimum atomic E-state index is 0.606. The molecule has 2 rings (SSSR count). The van der Waals surface area contributed by atoms with Gasteiger partial charge >= 0.3 is 0 Å². The lowest BCUT2D eigenvalue weighted by Crippen LogP contribution is -2.37. The summed E-state index contributed by atoms with van der Waals surface area (Å²) in [4.78, 5) is 0. The highest BCUT2D eigenvalue weighted by molar-refractivity contribution is 5.25. The van der Waals surface area contributed by atoms with E-state index in [1.165, 1.54) is 42.6 Å². The first-order valence-corrected chi connectivity index (χ1v) is 7.69. The lowest BCUT2D eigenvalue weighted by Gasteiger charge is -2.32. The van der Waals surface area contributed by atoms with Crippen LogP contribution in [0, 0.1) is 25.7 Å². The second-order valence-corrected chi connectivity index (χ2v) is 6.39. The third kappa shape index (κ3) is 3.19. The standard InChI is InChI=1S/C16H29N3/c1-11-6-8-14(9-7-11)16(17-4)10-15-12(2)18-19(5)13(15)3/h11,14,16-17H,6-10H2,1-5H3. The van der Waals surface area contributed by atoms with Gasteiger partial charge in [0.2, 0.25) is 0 Å². The smallest absolute Gasteiger partial charge is 0.0628 e. The molecule has 3 heteroatoms. The third-order valence-corrected chi connectivity index (χ3v) is 5.08. The molecule has 1 fully saturated rings. The molecule has 1 atom stereocenters. The number of hydrogen-bond acceptors (Lipinski definition) is 2. The number of aromatic nitrogens is 2. The van der Waals surface area contributed by atoms with Crippen LogP contribution in [0.4, 0.5) is 0 Å². The van der Waals surface area contributed by atoms with Crippen LogP contribution in [0.2, 0.25) is 0 Å². The van der Waals surface area contributed by atoms with E-state index in [2.05, 4.69) is 38.2 Å². The molecule has 3 nitrogen and oxygen atoms in total. The first kappa shape index (κ1) is 14.6. The molecule has 19 heavy (non-hydrogen) atoms. The van der Waals surface area contributed by atoms with Gasteiger partial charge in [-0.3, -0.25) is 4.68 Å². The van der Waals surface area contributed by atoms with Crippen LogP contribution >= 0.6 is 0 Å². The number of rotatable bonds is 4. The lowest BCUT2D eigenvalue weighted by atomic mass is 9.77. The fourth-order valence-corrected chi connectivity index (χ4v) is 3.53. The molecule has 1 aliphatic carbocycles. The van der Waals surface area contributed by atoms with Crippen LogP contribution in [0.3, 0.4) is 0 Å². The molecule has 1 saturated carbocycles. The summed E-state index contributed by atoms with van der Waals surface area (Å²) in [5.41, 5.74) is 3.96. The summed E-state index contributed by atoms with van der Waals surface area (Å²) in [6, 6.07) is 0.606. The monoisotopic (exact) mass is 263 g/mol. The van der Waals surface area contributed by atoms with E-state index in [9.17, 15) is 0 Å². The summed E-state index contributed by atoms with van der Waals surface area (Å²) in [6.45, 7) is 6.71. The van der Waals surface area contributed by atoms with Crippen molar-refractivity contribution in [1.29, 1.82) is 0 Å². The molecule has 0 radical (unpaired) electrons. The average Bonchev–Trinajstić information content (AvgIpc) is 2.63. The largest absolute Gasteiger partial charge is 0.316 e. The highest BCUT2D eigenvalue weighted by Crippen LogP contribution is 2.32. The molecule has 1 unspecified atom stereocenters. The molecular formula is C16H29N3. The first-order valence-electron chi connectivity index (χ1n) is 7.69. The molecule has 0 aromatic carbocycles. The third-order valence-electron chi connectivity index (χ3n) is 5.08. The molecule has 0 spiro atoms. The fourth-order valence-electron chi connectivity index (χ4n) is 3.53. The summed E-state index contributed by atoms with van der Waals surface area (Å²) in [5, 5.41) is 8.11. The van der Waals surface area contributed by atoms with Crippen LogP contribution in [0.15, 0.2) is 0 Å². The summed E-state index contributed by atoms with van der Waals surface area (Å²) >= 11 is 0. The van der Waals surface area contributed by atoms with Crippen LogP contribution in [0.1, 0.15) is 49.6 Å². The molecule has 1 aliphatic rings. The Labute approximate surface area is 117 Å². The van der Waals surface area contributed by atoms with Gasteiger partial charge in [0.1, 0.15) is 0 Å². The summed E-state index contributed by atoms with van der Waals surface area (Å²) < 4.78 is 2.01. The number of hydrogen-bond donors (Lipinski definition) is 1. The minimum absolute atomic E-state index is 0.606. The molecule has 1 aromatic rings. The maximum Gasteiger partial charge on any atom is 0.0628 e. The Morgan fingerprint density at radius 3 is 2.37 bits per heavy atom. The Kier molecular flexibility index (Phi) is 4.67. The zero-order valence-corrected chi connectivity index (χ0v) is 13.2. The van der Waals surface area contributed by atoms with Gasteiger partial charge in [-0.2, -0.15) is 5.10 Å². The lowest BCUT2D eigenvalue weighted by molar-refractivity contribution is 0.235. The Morgan fingerprint density at radius 1 is 1.26 bits per heavy atom. The van der Waals surface area contributed by atoms with Gasteiger partial charge in [0, 0.05) is 18.8 Å². The van der Waals surface area contributed by atoms with E-state index in [4.69, 9.17) is 0 Å². The molecule has 1 heterocycles. The van der Waals surface area contributed by atoms with Gasteiger partial charge in [0.15, 0.2) is 0 Å². The number of nitrogens with zero attached hydrogens (tertiary/aromatic N) is 2. The molecule has 0 amide bonds. The molecule has 0 aliphatic heterocycles. The van der Waals surface area contributed by atoms with Crippen LogP contribution in [0.5, 0.6) is 0 Å². The fraction of sp³-hybridized carbons (Fsp3) is 0.812. The maximum atomic E-state index is 4.54. The highest BCUT2D eigenvalue weighted by atomic mass is 15.3. The van der Waals surface area contributed by atoms with Crippen molar-refractivity contribution in [3.8, 4) is 0 Å². The maximum absolute atomic E-state index is 4.54. The molecule has 108 valence electrons. The zero-order valence-electron chi connectivity index (χ0n) is 13.2. The van der Waals surface area contributed by atoms with Crippen molar-refractivity contribution in [2.75, 3.05) is 7.05 Å². The second-order valence-electron chi connectivity index (χ2n) is 6.39. The van der Waals surface area contributed by atoms with Crippen LogP contribution < -0.4 is 5.32 Å². The summed E-state index contributed by atoms with van der Waals surface area (Å²) in [5.74, 6) is 1.76. The topological polar surface area (TPSA) is 29.9 Å². The minimum Gasteiger partial charge on any atom is -0.316 e. The Morgan fingerprint density at radius 2 is 1.89 bits per heavy atom. The normalized spacial score (nSPS) is 25.5. The summed E-state index contributed by atoms with van der Waals surface area (Å²) in [6.07, 6.45) is 6.68. The Bertz CT molecular complexity index is 414. The zero-order chi connectivity index (χ0) is 14.0. The Balaban J connectivity index is 2.06. The van der Waals surface area contributed by atoms with Crippen molar-refractivity contribution in [2.45, 2.75) is 58.9 Å². The van der Waals surface area contributed by atoms with Crippen LogP contribution in [0.25, 0.3) is 0 Å². The van der Waals surface area contributed by atoms with Gasteiger partial charge in [-0.1, -0.05) is 19.8 Å². The van der Waals surface area contributed by atoms with Crippen molar-refractivity contribution in [3.63, 3.8) is 0 Å². The molecule has 1 aromatic heterocycles. The van der Waals surface area contributed by atoms with Gasteiger partial charge in [0.25, 0.3) is 0 Å². The number of nitrogens with one attached hydrogen (secondary N) is 1. The van der Waals surface area contributed by atoms with E-state index in [0.717, 1.165) is 18.3 Å². The first-order chi connectivity index (χ1) is 9.02. The van der Waals surface area contributed by atoms with Crippen molar-refractivity contribution in [2.24, 2.45) is 18.9 Å². The van der Waals surface area contributed by atoms with Crippen molar-refractivity contribution < 1.29 is 0 Å². The van der Waals surface area contributed by atoms with E-state index >= 15 is 0 Å². The van der Waals surface area contributed by atoms with Gasteiger partial charge in [-0.05, 0) is 57.6 Å². The number of aryl methyl sites for hydroxylation is 2. The van der Waals surface area contributed by atoms with Crippen molar-refractivity contribution >= 4 is 0 Å². The SMILES string of the molecule is CNC(Cc1c(C)nn(C)c1C)C1CCC(C)CC1. The van der Waals surface area contributed by atoms with Crippen molar-refractivity contribution in [1.82, 2.24) is 15.1 Å². The second kappa shape index (κ2) is 6.08. The van der Waals surface area contributed by atoms with E-state index in [1.807, 2.05) is 11.7 Å². The quantitative estimate of drug-likeness (QED) is 0.905. The van der Waals surface area contributed by atoms with Crippen LogP contribution in [-0.4, -0.2) is 22.9 Å². The van der Waals surface area contributed by atoms with Crippen LogP contribution in [-0.2, 0) is 13.5 Å². The predicted octanol–water partition coefficient (Wildman–Crippen LogP) is 2.99. The van der Waals surface area contributed by atoms with E-state index in [1.54, 1.807) is 0 Å². The van der Waals surface area contributed by atoms with Gasteiger partial charge < -0.3 is 5.32 Å².